The third kappa shape index (κ3) is 5.48. The van der Waals surface area contributed by atoms with Gasteiger partial charge in [0.15, 0.2) is 6.61 Å². The van der Waals surface area contributed by atoms with Crippen molar-refractivity contribution in [2.75, 3.05) is 39.5 Å². The summed E-state index contributed by atoms with van der Waals surface area (Å²) in [7, 11) is 0. The molecule has 0 unspecified atom stereocenters. The van der Waals surface area contributed by atoms with Gasteiger partial charge in [0.05, 0.1) is 19.3 Å². The first-order valence-electron chi connectivity index (χ1n) is 10.2. The van der Waals surface area contributed by atoms with Crippen LogP contribution in [0, 0.1) is 0 Å². The van der Waals surface area contributed by atoms with E-state index in [-0.39, 0.29) is 18.6 Å². The van der Waals surface area contributed by atoms with Crippen molar-refractivity contribution in [2.45, 2.75) is 6.04 Å². The summed E-state index contributed by atoms with van der Waals surface area (Å²) in [4.78, 5) is 16.0. The van der Waals surface area contributed by atoms with Crippen molar-refractivity contribution in [3.05, 3.63) is 77.0 Å². The smallest absolute Gasteiger partial charge is 0.258 e. The number of amides is 1. The van der Waals surface area contributed by atoms with Gasteiger partial charge in [-0.15, -0.1) is 11.3 Å². The van der Waals surface area contributed by atoms with Crippen LogP contribution in [0.25, 0.3) is 11.1 Å². The van der Waals surface area contributed by atoms with Crippen molar-refractivity contribution in [1.29, 1.82) is 0 Å². The highest BCUT2D eigenvalue weighted by Crippen LogP contribution is 2.25. The molecule has 3 aromatic rings. The largest absolute Gasteiger partial charge is 0.484 e. The average Bonchev–Trinajstić information content (AvgIpc) is 3.34. The molecule has 2 heterocycles. The molecule has 1 N–H and O–H groups in total. The average molecular weight is 423 g/mol. The number of nitrogens with zero attached hydrogens (tertiary/aromatic N) is 1. The van der Waals surface area contributed by atoms with E-state index in [1.54, 1.807) is 11.3 Å². The number of morpholine rings is 1. The third-order valence-corrected chi connectivity index (χ3v) is 6.16. The predicted molar refractivity (Wildman–Crippen MR) is 120 cm³/mol. The lowest BCUT2D eigenvalue weighted by molar-refractivity contribution is -0.123. The van der Waals surface area contributed by atoms with E-state index in [4.69, 9.17) is 9.47 Å². The molecular formula is C24H26N2O3S. The van der Waals surface area contributed by atoms with Crippen LogP contribution in [0.1, 0.15) is 10.9 Å². The Hall–Kier alpha value is -2.67. The second kappa shape index (κ2) is 10.4. The SMILES string of the molecule is O=C(COc1ccc(-c2ccccc2)cc1)NC[C@H](c1cccs1)N1CCOCC1. The molecule has 0 aliphatic carbocycles. The Labute approximate surface area is 181 Å². The molecule has 5 nitrogen and oxygen atoms in total. The Morgan fingerprint density at radius 2 is 1.73 bits per heavy atom. The molecule has 6 heteroatoms. The van der Waals surface area contributed by atoms with Gasteiger partial charge in [-0.25, -0.2) is 0 Å². The second-order valence-electron chi connectivity index (χ2n) is 7.16. The summed E-state index contributed by atoms with van der Waals surface area (Å²) in [5.41, 5.74) is 2.28. The van der Waals surface area contributed by atoms with E-state index in [9.17, 15) is 4.79 Å². The lowest BCUT2D eigenvalue weighted by Crippen LogP contribution is -2.44. The molecule has 156 valence electrons. The summed E-state index contributed by atoms with van der Waals surface area (Å²) in [5, 5.41) is 5.11. The second-order valence-corrected chi connectivity index (χ2v) is 8.14. The highest BCUT2D eigenvalue weighted by atomic mass is 32.1. The van der Waals surface area contributed by atoms with E-state index < -0.39 is 0 Å². The minimum atomic E-state index is -0.114. The van der Waals surface area contributed by atoms with Gasteiger partial charge in [-0.05, 0) is 34.7 Å². The lowest BCUT2D eigenvalue weighted by atomic mass is 10.1. The Bertz CT molecular complexity index is 907. The molecule has 1 saturated heterocycles. The summed E-state index contributed by atoms with van der Waals surface area (Å²) in [6.45, 7) is 3.79. The normalized spacial score (nSPS) is 15.5. The fraction of sp³-hybridized carbons (Fsp3) is 0.292. The zero-order valence-corrected chi connectivity index (χ0v) is 17.6. The summed E-state index contributed by atoms with van der Waals surface area (Å²) in [6, 6.07) is 22.3. The minimum Gasteiger partial charge on any atom is -0.484 e. The first kappa shape index (κ1) is 20.6. The molecule has 1 aliphatic rings. The van der Waals surface area contributed by atoms with Crippen LogP contribution in [0.5, 0.6) is 5.75 Å². The number of nitrogens with one attached hydrogen (secondary N) is 1. The number of carbonyl (C=O) groups is 1. The van der Waals surface area contributed by atoms with E-state index in [0.29, 0.717) is 12.3 Å². The Kier molecular flexibility index (Phi) is 7.13. The van der Waals surface area contributed by atoms with Gasteiger partial charge >= 0.3 is 0 Å². The van der Waals surface area contributed by atoms with E-state index in [1.165, 1.54) is 4.88 Å². The van der Waals surface area contributed by atoms with Gasteiger partial charge in [0.25, 0.3) is 5.91 Å². The fourth-order valence-corrected chi connectivity index (χ4v) is 4.43. The van der Waals surface area contributed by atoms with E-state index in [1.807, 2.05) is 42.5 Å². The summed E-state index contributed by atoms with van der Waals surface area (Å²) < 4.78 is 11.2. The highest BCUT2D eigenvalue weighted by molar-refractivity contribution is 7.10. The standard InChI is InChI=1S/C24H26N2O3S/c27-24(18-29-21-10-8-20(9-11-21)19-5-2-1-3-6-19)25-17-22(23-7-4-16-30-23)26-12-14-28-15-13-26/h1-11,16,22H,12-15,17-18H2,(H,25,27)/t22-/m1/s1. The first-order chi connectivity index (χ1) is 14.8. The van der Waals surface area contributed by atoms with Gasteiger partial charge in [0, 0.05) is 24.5 Å². The molecule has 1 aromatic heterocycles. The molecule has 1 atom stereocenters. The molecule has 0 radical (unpaired) electrons. The number of hydrogen-bond donors (Lipinski definition) is 1. The van der Waals surface area contributed by atoms with Crippen LogP contribution in [-0.4, -0.2) is 50.3 Å². The molecule has 2 aromatic carbocycles. The Morgan fingerprint density at radius 1 is 1.00 bits per heavy atom. The third-order valence-electron chi connectivity index (χ3n) is 5.18. The van der Waals surface area contributed by atoms with Gasteiger partial charge in [-0.1, -0.05) is 48.5 Å². The van der Waals surface area contributed by atoms with Crippen LogP contribution in [0.15, 0.2) is 72.1 Å². The topological polar surface area (TPSA) is 50.8 Å². The molecule has 4 rings (SSSR count). The van der Waals surface area contributed by atoms with E-state index in [0.717, 1.165) is 37.4 Å². The Balaban J connectivity index is 1.28. The zero-order valence-electron chi connectivity index (χ0n) is 16.8. The zero-order chi connectivity index (χ0) is 20.6. The van der Waals surface area contributed by atoms with Crippen molar-refractivity contribution >= 4 is 17.2 Å². The monoisotopic (exact) mass is 422 g/mol. The van der Waals surface area contributed by atoms with E-state index >= 15 is 0 Å². The number of hydrogen-bond acceptors (Lipinski definition) is 5. The van der Waals surface area contributed by atoms with Crippen molar-refractivity contribution < 1.29 is 14.3 Å². The van der Waals surface area contributed by atoms with Crippen LogP contribution < -0.4 is 10.1 Å². The molecule has 0 spiro atoms. The molecule has 1 fully saturated rings. The first-order valence-corrected chi connectivity index (χ1v) is 11.1. The molecule has 0 bridgehead atoms. The van der Waals surface area contributed by atoms with Gasteiger partial charge < -0.3 is 14.8 Å². The van der Waals surface area contributed by atoms with Crippen molar-refractivity contribution in [3.63, 3.8) is 0 Å². The molecule has 0 saturated carbocycles. The van der Waals surface area contributed by atoms with Crippen molar-refractivity contribution in [2.24, 2.45) is 0 Å². The maximum atomic E-state index is 12.4. The number of carbonyl (C=O) groups excluding carboxylic acids is 1. The van der Waals surface area contributed by atoms with Crippen molar-refractivity contribution in [1.82, 2.24) is 10.2 Å². The van der Waals surface area contributed by atoms with Crippen LogP contribution in [0.3, 0.4) is 0 Å². The summed E-state index contributed by atoms with van der Waals surface area (Å²) in [5.74, 6) is 0.574. The maximum Gasteiger partial charge on any atom is 0.258 e. The quantitative estimate of drug-likeness (QED) is 0.597. The van der Waals surface area contributed by atoms with Gasteiger partial charge in [0.2, 0.25) is 0 Å². The summed E-state index contributed by atoms with van der Waals surface area (Å²) >= 11 is 1.72. The number of thiophene rings is 1. The Morgan fingerprint density at radius 3 is 2.43 bits per heavy atom. The number of rotatable bonds is 8. The fourth-order valence-electron chi connectivity index (χ4n) is 3.56. The van der Waals surface area contributed by atoms with Crippen molar-refractivity contribution in [3.8, 4) is 16.9 Å². The molecule has 30 heavy (non-hydrogen) atoms. The number of benzene rings is 2. The van der Waals surface area contributed by atoms with Gasteiger partial charge in [-0.2, -0.15) is 0 Å². The predicted octanol–water partition coefficient (Wildman–Crippen LogP) is 3.98. The summed E-state index contributed by atoms with van der Waals surface area (Å²) in [6.07, 6.45) is 0. The molecule has 1 aliphatic heterocycles. The maximum absolute atomic E-state index is 12.4. The van der Waals surface area contributed by atoms with Gasteiger partial charge in [0.1, 0.15) is 5.75 Å². The molecular weight excluding hydrogens is 396 g/mol. The van der Waals surface area contributed by atoms with Gasteiger partial charge in [-0.3, -0.25) is 9.69 Å². The van der Waals surface area contributed by atoms with E-state index in [2.05, 4.69) is 39.9 Å². The van der Waals surface area contributed by atoms with Crippen LogP contribution in [0.2, 0.25) is 0 Å². The van der Waals surface area contributed by atoms with Crippen LogP contribution in [-0.2, 0) is 9.53 Å². The van der Waals surface area contributed by atoms with Crippen LogP contribution >= 0.6 is 11.3 Å². The van der Waals surface area contributed by atoms with Crippen LogP contribution in [0.4, 0.5) is 0 Å². The number of ether oxygens (including phenoxy) is 2. The molecule has 1 amide bonds. The highest BCUT2D eigenvalue weighted by Gasteiger charge is 2.24. The lowest BCUT2D eigenvalue weighted by Gasteiger charge is -2.34. The minimum absolute atomic E-state index is 0.00492.